The van der Waals surface area contributed by atoms with E-state index in [2.05, 4.69) is 15.5 Å². The molecule has 1 aromatic rings. The third kappa shape index (κ3) is 6.99. The number of hydrogen-bond acceptors (Lipinski definition) is 5. The zero-order valence-electron chi connectivity index (χ0n) is 13.8. The van der Waals surface area contributed by atoms with E-state index in [9.17, 15) is 4.79 Å². The van der Waals surface area contributed by atoms with Crippen LogP contribution in [0.3, 0.4) is 0 Å². The van der Waals surface area contributed by atoms with Crippen molar-refractivity contribution in [2.75, 3.05) is 57.9 Å². The lowest BCUT2D eigenvalue weighted by Gasteiger charge is -2.26. The Bertz CT molecular complexity index is 459. The molecule has 0 spiro atoms. The van der Waals surface area contributed by atoms with Crippen molar-refractivity contribution in [3.63, 3.8) is 0 Å². The van der Waals surface area contributed by atoms with Gasteiger partial charge >= 0.3 is 0 Å². The summed E-state index contributed by atoms with van der Waals surface area (Å²) < 4.78 is 10.7. The van der Waals surface area contributed by atoms with Crippen LogP contribution in [-0.2, 0) is 9.53 Å². The van der Waals surface area contributed by atoms with Gasteiger partial charge in [-0.3, -0.25) is 9.69 Å². The second kappa shape index (κ2) is 10.2. The molecule has 1 amide bonds. The Morgan fingerprint density at radius 3 is 2.65 bits per heavy atom. The monoisotopic (exact) mass is 321 g/mol. The number of ether oxygens (including phenoxy) is 2. The Balaban J connectivity index is 1.55. The van der Waals surface area contributed by atoms with Crippen molar-refractivity contribution in [2.45, 2.75) is 13.3 Å². The van der Waals surface area contributed by atoms with Gasteiger partial charge in [0.05, 0.1) is 19.8 Å². The third-order valence-corrected chi connectivity index (χ3v) is 3.69. The molecule has 6 heteroatoms. The Labute approximate surface area is 138 Å². The number of rotatable bonds is 9. The van der Waals surface area contributed by atoms with Gasteiger partial charge in [0.1, 0.15) is 5.75 Å². The Morgan fingerprint density at radius 1 is 1.22 bits per heavy atom. The molecular formula is C17H27N3O3. The molecule has 1 aliphatic heterocycles. The van der Waals surface area contributed by atoms with Gasteiger partial charge in [-0.1, -0.05) is 0 Å². The van der Waals surface area contributed by atoms with Crippen LogP contribution in [0.1, 0.15) is 13.3 Å². The highest BCUT2D eigenvalue weighted by Crippen LogP contribution is 2.15. The zero-order valence-corrected chi connectivity index (χ0v) is 13.8. The predicted octanol–water partition coefficient (Wildman–Crippen LogP) is 1.34. The van der Waals surface area contributed by atoms with Crippen molar-refractivity contribution in [1.82, 2.24) is 10.2 Å². The predicted molar refractivity (Wildman–Crippen MR) is 91.0 cm³/mol. The van der Waals surface area contributed by atoms with Crippen LogP contribution in [0.25, 0.3) is 0 Å². The smallest absolute Gasteiger partial charge is 0.225 e. The molecule has 1 aliphatic rings. The second-order valence-corrected chi connectivity index (χ2v) is 5.46. The third-order valence-electron chi connectivity index (χ3n) is 3.69. The molecule has 6 nitrogen and oxygen atoms in total. The van der Waals surface area contributed by atoms with E-state index in [1.54, 1.807) is 0 Å². The van der Waals surface area contributed by atoms with Gasteiger partial charge < -0.3 is 20.1 Å². The number of hydrogen-bond donors (Lipinski definition) is 2. The lowest BCUT2D eigenvalue weighted by Crippen LogP contribution is -2.40. The van der Waals surface area contributed by atoms with Crippen LogP contribution in [-0.4, -0.2) is 63.4 Å². The number of morpholine rings is 1. The second-order valence-electron chi connectivity index (χ2n) is 5.46. The standard InChI is InChI=1S/C17H27N3O3/c1-2-23-16-5-3-15(4-6-16)19-17(21)7-8-18-9-10-20-11-13-22-14-12-20/h3-6,18H,2,7-14H2,1H3,(H,19,21). The molecule has 0 saturated carbocycles. The molecular weight excluding hydrogens is 294 g/mol. The minimum atomic E-state index is 0.0213. The van der Waals surface area contributed by atoms with Gasteiger partial charge in [0, 0.05) is 44.8 Å². The summed E-state index contributed by atoms with van der Waals surface area (Å²) in [4.78, 5) is 14.3. The van der Waals surface area contributed by atoms with E-state index in [0.717, 1.165) is 50.8 Å². The molecule has 0 atom stereocenters. The first-order chi connectivity index (χ1) is 11.3. The van der Waals surface area contributed by atoms with Crippen molar-refractivity contribution >= 4 is 11.6 Å². The number of benzene rings is 1. The lowest BCUT2D eigenvalue weighted by atomic mass is 10.3. The van der Waals surface area contributed by atoms with E-state index < -0.39 is 0 Å². The van der Waals surface area contributed by atoms with Crippen LogP contribution >= 0.6 is 0 Å². The van der Waals surface area contributed by atoms with Crippen molar-refractivity contribution in [1.29, 1.82) is 0 Å². The number of anilines is 1. The van der Waals surface area contributed by atoms with Crippen LogP contribution in [0, 0.1) is 0 Å². The molecule has 0 unspecified atom stereocenters. The lowest BCUT2D eigenvalue weighted by molar-refractivity contribution is -0.116. The fourth-order valence-electron chi connectivity index (χ4n) is 2.41. The molecule has 0 aliphatic carbocycles. The molecule has 1 fully saturated rings. The van der Waals surface area contributed by atoms with Crippen molar-refractivity contribution in [2.24, 2.45) is 0 Å². The van der Waals surface area contributed by atoms with E-state index in [-0.39, 0.29) is 5.91 Å². The van der Waals surface area contributed by atoms with E-state index in [1.807, 2.05) is 31.2 Å². The van der Waals surface area contributed by atoms with E-state index in [1.165, 1.54) is 0 Å². The number of carbonyl (C=O) groups is 1. The first kappa shape index (κ1) is 17.7. The SMILES string of the molecule is CCOc1ccc(NC(=O)CCNCCN2CCOCC2)cc1. The summed E-state index contributed by atoms with van der Waals surface area (Å²) in [6.45, 7) is 8.83. The first-order valence-corrected chi connectivity index (χ1v) is 8.31. The molecule has 0 aromatic heterocycles. The Morgan fingerprint density at radius 2 is 1.96 bits per heavy atom. The Kier molecular flexibility index (Phi) is 7.86. The summed E-state index contributed by atoms with van der Waals surface area (Å²) in [5, 5.41) is 6.20. The quantitative estimate of drug-likeness (QED) is 0.672. The molecule has 2 rings (SSSR count). The highest BCUT2D eigenvalue weighted by atomic mass is 16.5. The van der Waals surface area contributed by atoms with Crippen LogP contribution in [0.5, 0.6) is 5.75 Å². The van der Waals surface area contributed by atoms with Gasteiger partial charge in [0.2, 0.25) is 5.91 Å². The molecule has 23 heavy (non-hydrogen) atoms. The van der Waals surface area contributed by atoms with Gasteiger partial charge in [-0.25, -0.2) is 0 Å². The summed E-state index contributed by atoms with van der Waals surface area (Å²) >= 11 is 0. The average Bonchev–Trinajstić information content (AvgIpc) is 2.57. The maximum Gasteiger partial charge on any atom is 0.225 e. The summed E-state index contributed by atoms with van der Waals surface area (Å²) in [6, 6.07) is 7.43. The van der Waals surface area contributed by atoms with Gasteiger partial charge in [0.15, 0.2) is 0 Å². The van der Waals surface area contributed by atoms with E-state index >= 15 is 0 Å². The first-order valence-electron chi connectivity index (χ1n) is 8.31. The fraction of sp³-hybridized carbons (Fsp3) is 0.588. The molecule has 0 bridgehead atoms. The van der Waals surface area contributed by atoms with Crippen LogP contribution < -0.4 is 15.4 Å². The van der Waals surface area contributed by atoms with Crippen molar-refractivity contribution in [3.8, 4) is 5.75 Å². The van der Waals surface area contributed by atoms with Crippen molar-refractivity contribution in [3.05, 3.63) is 24.3 Å². The van der Waals surface area contributed by atoms with Gasteiger partial charge in [-0.2, -0.15) is 0 Å². The van der Waals surface area contributed by atoms with Crippen LogP contribution in [0.4, 0.5) is 5.69 Å². The summed E-state index contributed by atoms with van der Waals surface area (Å²) in [6.07, 6.45) is 0.469. The van der Waals surface area contributed by atoms with Gasteiger partial charge in [-0.05, 0) is 31.2 Å². The zero-order chi connectivity index (χ0) is 16.3. The highest BCUT2D eigenvalue weighted by Gasteiger charge is 2.09. The Hall–Kier alpha value is -1.63. The molecule has 1 saturated heterocycles. The maximum absolute atomic E-state index is 11.9. The van der Waals surface area contributed by atoms with Crippen LogP contribution in [0.15, 0.2) is 24.3 Å². The minimum Gasteiger partial charge on any atom is -0.494 e. The van der Waals surface area contributed by atoms with Crippen LogP contribution in [0.2, 0.25) is 0 Å². The molecule has 1 heterocycles. The summed E-state index contributed by atoms with van der Waals surface area (Å²) in [7, 11) is 0. The molecule has 1 aromatic carbocycles. The minimum absolute atomic E-state index is 0.0213. The molecule has 0 radical (unpaired) electrons. The summed E-state index contributed by atoms with van der Waals surface area (Å²) in [5.74, 6) is 0.836. The maximum atomic E-state index is 11.9. The fourth-order valence-corrected chi connectivity index (χ4v) is 2.41. The van der Waals surface area contributed by atoms with E-state index in [4.69, 9.17) is 9.47 Å². The average molecular weight is 321 g/mol. The number of nitrogens with one attached hydrogen (secondary N) is 2. The van der Waals surface area contributed by atoms with E-state index in [0.29, 0.717) is 19.6 Å². The number of amides is 1. The van der Waals surface area contributed by atoms with Gasteiger partial charge in [-0.15, -0.1) is 0 Å². The molecule has 128 valence electrons. The van der Waals surface area contributed by atoms with Gasteiger partial charge in [0.25, 0.3) is 0 Å². The highest BCUT2D eigenvalue weighted by molar-refractivity contribution is 5.90. The summed E-state index contributed by atoms with van der Waals surface area (Å²) in [5.41, 5.74) is 0.798. The normalized spacial score (nSPS) is 15.3. The van der Waals surface area contributed by atoms with Crippen molar-refractivity contribution < 1.29 is 14.3 Å². The number of carbonyl (C=O) groups excluding carboxylic acids is 1. The largest absolute Gasteiger partial charge is 0.494 e. The topological polar surface area (TPSA) is 62.8 Å². The molecule has 2 N–H and O–H groups in total. The number of nitrogens with zero attached hydrogens (tertiary/aromatic N) is 1.